The molecule has 178 valence electrons. The van der Waals surface area contributed by atoms with E-state index in [1.54, 1.807) is 0 Å². The second-order valence-electron chi connectivity index (χ2n) is 8.26. The molecule has 8 nitrogen and oxygen atoms in total. The summed E-state index contributed by atoms with van der Waals surface area (Å²) >= 11 is 5.93. The van der Waals surface area contributed by atoms with Crippen molar-refractivity contribution < 1.29 is 26.7 Å². The zero-order valence-corrected chi connectivity index (χ0v) is 19.9. The van der Waals surface area contributed by atoms with E-state index in [9.17, 15) is 17.6 Å². The summed E-state index contributed by atoms with van der Waals surface area (Å²) in [5.74, 6) is -1.91. The molecule has 0 saturated carbocycles. The number of carbonyl (C=O) groups is 1. The largest absolute Gasteiger partial charge is 0.386 e. The molecule has 1 aliphatic heterocycles. The molecule has 0 radical (unpaired) electrons. The number of amides is 1. The van der Waals surface area contributed by atoms with Gasteiger partial charge in [-0.3, -0.25) is 9.79 Å². The van der Waals surface area contributed by atoms with Crippen LogP contribution in [0.1, 0.15) is 42.4 Å². The number of pyridine rings is 1. The number of hydrogen-bond donors (Lipinski definition) is 2. The Labute approximate surface area is 195 Å². The van der Waals surface area contributed by atoms with Crippen molar-refractivity contribution in [1.82, 2.24) is 4.98 Å². The van der Waals surface area contributed by atoms with E-state index in [1.165, 1.54) is 39.3 Å². The van der Waals surface area contributed by atoms with Crippen LogP contribution in [0.4, 0.5) is 14.5 Å². The Morgan fingerprint density at radius 3 is 2.61 bits per heavy atom. The van der Waals surface area contributed by atoms with Crippen LogP contribution in [0.3, 0.4) is 0 Å². The van der Waals surface area contributed by atoms with Crippen molar-refractivity contribution in [2.24, 2.45) is 10.7 Å². The van der Waals surface area contributed by atoms with E-state index in [0.29, 0.717) is 10.6 Å². The Kier molecular flexibility index (Phi) is 6.53. The molecule has 3 N–H and O–H groups in total. The Morgan fingerprint density at radius 1 is 1.30 bits per heavy atom. The zero-order valence-electron chi connectivity index (χ0n) is 18.3. The number of methoxy groups -OCH3 is 1. The molecule has 2 heterocycles. The van der Waals surface area contributed by atoms with Crippen molar-refractivity contribution in [3.8, 4) is 0 Å². The van der Waals surface area contributed by atoms with Crippen molar-refractivity contribution in [2.45, 2.75) is 43.2 Å². The maximum Gasteiger partial charge on any atom is 0.274 e. The lowest BCUT2D eigenvalue weighted by Crippen LogP contribution is -2.58. The van der Waals surface area contributed by atoms with Crippen LogP contribution in [0.2, 0.25) is 5.02 Å². The lowest BCUT2D eigenvalue weighted by molar-refractivity contribution is 0.101. The average Bonchev–Trinajstić information content (AvgIpc) is 2.73. The average molecular weight is 501 g/mol. The standard InChI is InChI=1S/C21H23ClF2N4O4S/c1-20(2)19(25)28-21(3,18(24)33(20,30)31)14-8-13(5-6-15(14)23)27-17(29)16-11(10-32-4)7-12(22)9-26-16/h5-9,18H,10H2,1-4H3,(H2,25,28)(H,27,29)/t18?,21-/m1/s1. The van der Waals surface area contributed by atoms with Gasteiger partial charge in [0.1, 0.15) is 27.6 Å². The van der Waals surface area contributed by atoms with E-state index in [2.05, 4.69) is 15.3 Å². The van der Waals surface area contributed by atoms with Gasteiger partial charge in [-0.25, -0.2) is 22.2 Å². The van der Waals surface area contributed by atoms with Gasteiger partial charge >= 0.3 is 0 Å². The molecular weight excluding hydrogens is 478 g/mol. The maximum absolute atomic E-state index is 15.3. The van der Waals surface area contributed by atoms with Crippen molar-refractivity contribution >= 4 is 38.9 Å². The number of carbonyl (C=O) groups excluding carboxylic acids is 1. The predicted octanol–water partition coefficient (Wildman–Crippen LogP) is 3.35. The first-order valence-electron chi connectivity index (χ1n) is 9.73. The molecule has 2 atom stereocenters. The van der Waals surface area contributed by atoms with E-state index in [4.69, 9.17) is 22.1 Å². The third-order valence-electron chi connectivity index (χ3n) is 5.61. The van der Waals surface area contributed by atoms with E-state index >= 15 is 4.39 Å². The highest BCUT2D eigenvalue weighted by molar-refractivity contribution is 7.94. The summed E-state index contributed by atoms with van der Waals surface area (Å²) in [4.78, 5) is 20.9. The van der Waals surface area contributed by atoms with Crippen molar-refractivity contribution in [2.75, 3.05) is 12.4 Å². The van der Waals surface area contributed by atoms with Gasteiger partial charge in [-0.1, -0.05) is 11.6 Å². The number of aliphatic imine (C=N–C) groups is 1. The Morgan fingerprint density at radius 2 is 1.97 bits per heavy atom. The minimum atomic E-state index is -4.47. The topological polar surface area (TPSA) is 124 Å². The minimum Gasteiger partial charge on any atom is -0.386 e. The smallest absolute Gasteiger partial charge is 0.274 e. The van der Waals surface area contributed by atoms with Gasteiger partial charge in [-0.2, -0.15) is 0 Å². The quantitative estimate of drug-likeness (QED) is 0.648. The van der Waals surface area contributed by atoms with E-state index in [-0.39, 0.29) is 29.4 Å². The molecule has 0 aliphatic carbocycles. The molecule has 0 spiro atoms. The highest BCUT2D eigenvalue weighted by Crippen LogP contribution is 2.44. The molecule has 0 saturated heterocycles. The van der Waals surface area contributed by atoms with E-state index < -0.39 is 37.4 Å². The van der Waals surface area contributed by atoms with Gasteiger partial charge in [0.05, 0.1) is 11.6 Å². The fourth-order valence-corrected chi connectivity index (χ4v) is 5.28. The van der Waals surface area contributed by atoms with Crippen molar-refractivity contribution in [1.29, 1.82) is 0 Å². The monoisotopic (exact) mass is 500 g/mol. The molecule has 1 aromatic carbocycles. The second kappa shape index (κ2) is 8.62. The number of aromatic nitrogens is 1. The van der Waals surface area contributed by atoms with Gasteiger partial charge < -0.3 is 15.8 Å². The molecule has 0 fully saturated rings. The Balaban J connectivity index is 2.04. The summed E-state index contributed by atoms with van der Waals surface area (Å²) in [7, 11) is -3.03. The number of nitrogens with one attached hydrogen (secondary N) is 1. The van der Waals surface area contributed by atoms with Crippen LogP contribution in [-0.2, 0) is 26.7 Å². The van der Waals surface area contributed by atoms with Crippen LogP contribution < -0.4 is 11.1 Å². The number of ether oxygens (including phenoxy) is 1. The summed E-state index contributed by atoms with van der Waals surface area (Å²) < 4.78 is 58.9. The van der Waals surface area contributed by atoms with Gasteiger partial charge in [0.25, 0.3) is 5.91 Å². The highest BCUT2D eigenvalue weighted by atomic mass is 35.5. The van der Waals surface area contributed by atoms with Crippen molar-refractivity contribution in [3.63, 3.8) is 0 Å². The van der Waals surface area contributed by atoms with Crippen LogP contribution in [0.25, 0.3) is 0 Å². The number of hydrogen-bond acceptors (Lipinski definition) is 7. The molecule has 1 aliphatic rings. The first-order chi connectivity index (χ1) is 15.3. The van der Waals surface area contributed by atoms with Crippen LogP contribution in [-0.4, -0.2) is 42.5 Å². The maximum atomic E-state index is 15.3. The fraction of sp³-hybridized carbons (Fsp3) is 0.381. The SMILES string of the molecule is COCc1cc(Cl)cnc1C(=O)Nc1ccc(F)c([C@@]2(C)N=C(N)C(C)(C)S(=O)(=O)C2F)c1. The number of nitrogens with two attached hydrogens (primary N) is 1. The lowest BCUT2D eigenvalue weighted by atomic mass is 9.91. The van der Waals surface area contributed by atoms with Crippen LogP contribution in [0, 0.1) is 5.82 Å². The second-order valence-corrected chi connectivity index (χ2v) is 11.2. The van der Waals surface area contributed by atoms with Crippen LogP contribution in [0.5, 0.6) is 0 Å². The van der Waals surface area contributed by atoms with E-state index in [0.717, 1.165) is 19.1 Å². The summed E-state index contributed by atoms with van der Waals surface area (Å²) in [5.41, 5.74) is 1.24. The summed E-state index contributed by atoms with van der Waals surface area (Å²) in [6.45, 7) is 3.67. The zero-order chi connectivity index (χ0) is 24.8. The number of alkyl halides is 1. The summed E-state index contributed by atoms with van der Waals surface area (Å²) in [5, 5.41) is 2.85. The number of halogens is 3. The summed E-state index contributed by atoms with van der Waals surface area (Å²) in [6, 6.07) is 4.86. The molecule has 0 bridgehead atoms. The molecule has 2 aromatic rings. The molecular formula is C21H23ClF2N4O4S. The molecule has 12 heteroatoms. The van der Waals surface area contributed by atoms with Crippen LogP contribution >= 0.6 is 11.6 Å². The van der Waals surface area contributed by atoms with Crippen molar-refractivity contribution in [3.05, 3.63) is 58.1 Å². The molecule has 1 amide bonds. The van der Waals surface area contributed by atoms with Gasteiger partial charge in [0.2, 0.25) is 5.50 Å². The van der Waals surface area contributed by atoms with Gasteiger partial charge in [-0.05, 0) is 45.0 Å². The highest BCUT2D eigenvalue weighted by Gasteiger charge is 2.58. The number of anilines is 1. The number of amidine groups is 1. The normalized spacial score (nSPS) is 23.6. The van der Waals surface area contributed by atoms with Gasteiger partial charge in [-0.15, -0.1) is 0 Å². The third kappa shape index (κ3) is 4.20. The Hall–Kier alpha value is -2.63. The first kappa shape index (κ1) is 25.0. The lowest BCUT2D eigenvalue weighted by Gasteiger charge is -2.40. The number of rotatable bonds is 5. The first-order valence-corrected chi connectivity index (χ1v) is 11.7. The number of nitrogens with zero attached hydrogens (tertiary/aromatic N) is 2. The van der Waals surface area contributed by atoms with Crippen LogP contribution in [0.15, 0.2) is 35.5 Å². The fourth-order valence-electron chi connectivity index (χ4n) is 3.46. The molecule has 1 aromatic heterocycles. The van der Waals surface area contributed by atoms with E-state index in [1.807, 2.05) is 0 Å². The Bertz CT molecular complexity index is 1250. The molecule has 3 rings (SSSR count). The van der Waals surface area contributed by atoms with Gasteiger partial charge in [0.15, 0.2) is 9.84 Å². The minimum absolute atomic E-state index is 0.0194. The number of benzene rings is 1. The summed E-state index contributed by atoms with van der Waals surface area (Å²) in [6.07, 6.45) is 1.28. The number of sulfone groups is 1. The van der Waals surface area contributed by atoms with Gasteiger partial charge in [0, 0.05) is 30.1 Å². The molecule has 1 unspecified atom stereocenters. The predicted molar refractivity (Wildman–Crippen MR) is 121 cm³/mol. The third-order valence-corrected chi connectivity index (χ3v) is 8.46. The molecule has 33 heavy (non-hydrogen) atoms.